The summed E-state index contributed by atoms with van der Waals surface area (Å²) in [5.74, 6) is 0.217. The van der Waals surface area contributed by atoms with Crippen molar-refractivity contribution in [3.63, 3.8) is 0 Å². The Bertz CT molecular complexity index is 368. The first-order chi connectivity index (χ1) is 8.54. The number of halogens is 1. The molecular formula is C15H24FNO. The number of aliphatic hydroxyl groups is 1. The molecule has 1 rings (SSSR count). The molecule has 0 fully saturated rings. The van der Waals surface area contributed by atoms with Crippen molar-refractivity contribution in [3.8, 4) is 0 Å². The molecule has 0 saturated carbocycles. The van der Waals surface area contributed by atoms with Crippen LogP contribution in [0.2, 0.25) is 0 Å². The summed E-state index contributed by atoms with van der Waals surface area (Å²) in [5, 5.41) is 12.3. The Morgan fingerprint density at radius 3 is 2.67 bits per heavy atom. The zero-order valence-corrected chi connectivity index (χ0v) is 11.5. The lowest BCUT2D eigenvalue weighted by Gasteiger charge is -2.15. The minimum atomic E-state index is -0.143. The van der Waals surface area contributed by atoms with Crippen LogP contribution in [0.15, 0.2) is 18.2 Å². The lowest BCUT2D eigenvalue weighted by Crippen LogP contribution is -2.20. The van der Waals surface area contributed by atoms with Crippen molar-refractivity contribution in [2.24, 2.45) is 5.92 Å². The summed E-state index contributed by atoms with van der Waals surface area (Å²) in [6, 6.07) is 5.54. The van der Waals surface area contributed by atoms with E-state index in [0.717, 1.165) is 24.9 Å². The zero-order chi connectivity index (χ0) is 13.5. The average Bonchev–Trinajstić information content (AvgIpc) is 2.37. The molecule has 0 aromatic heterocycles. The first-order valence-electron chi connectivity index (χ1n) is 6.65. The molecule has 2 unspecified atom stereocenters. The fourth-order valence-corrected chi connectivity index (χ4v) is 1.86. The van der Waals surface area contributed by atoms with Crippen molar-refractivity contribution in [1.82, 2.24) is 5.32 Å². The van der Waals surface area contributed by atoms with E-state index in [1.807, 2.05) is 26.0 Å². The van der Waals surface area contributed by atoms with Crippen molar-refractivity contribution in [2.75, 3.05) is 13.2 Å². The number of aliphatic hydroxyl groups excluding tert-OH is 1. The van der Waals surface area contributed by atoms with Crippen LogP contribution in [0.25, 0.3) is 0 Å². The highest BCUT2D eigenvalue weighted by Gasteiger charge is 2.07. The largest absolute Gasteiger partial charge is 0.396 e. The van der Waals surface area contributed by atoms with E-state index in [2.05, 4.69) is 5.32 Å². The standard InChI is InChI=1S/C15H24FNO/c1-11(10-18)5-4-8-17-13(3)14-7-6-12(2)15(16)9-14/h6-7,9,11,13,17-18H,4-5,8,10H2,1-3H3. The topological polar surface area (TPSA) is 32.3 Å². The molecule has 0 bridgehead atoms. The smallest absolute Gasteiger partial charge is 0.126 e. The van der Waals surface area contributed by atoms with Crippen LogP contribution in [0, 0.1) is 18.7 Å². The lowest BCUT2D eigenvalue weighted by atomic mass is 10.0. The van der Waals surface area contributed by atoms with Gasteiger partial charge in [-0.05, 0) is 56.3 Å². The number of benzene rings is 1. The predicted molar refractivity (Wildman–Crippen MR) is 73.0 cm³/mol. The quantitative estimate of drug-likeness (QED) is 0.731. The Morgan fingerprint density at radius 2 is 2.06 bits per heavy atom. The minimum Gasteiger partial charge on any atom is -0.396 e. The lowest BCUT2D eigenvalue weighted by molar-refractivity contribution is 0.227. The Morgan fingerprint density at radius 1 is 1.33 bits per heavy atom. The molecule has 18 heavy (non-hydrogen) atoms. The van der Waals surface area contributed by atoms with Gasteiger partial charge in [0.15, 0.2) is 0 Å². The van der Waals surface area contributed by atoms with E-state index in [1.54, 1.807) is 13.0 Å². The maximum atomic E-state index is 13.4. The Hall–Kier alpha value is -0.930. The Labute approximate surface area is 109 Å². The van der Waals surface area contributed by atoms with E-state index in [1.165, 1.54) is 0 Å². The van der Waals surface area contributed by atoms with Crippen molar-refractivity contribution in [2.45, 2.75) is 39.7 Å². The highest BCUT2D eigenvalue weighted by atomic mass is 19.1. The third kappa shape index (κ3) is 4.75. The highest BCUT2D eigenvalue weighted by Crippen LogP contribution is 2.16. The van der Waals surface area contributed by atoms with Crippen LogP contribution in [-0.2, 0) is 0 Å². The average molecular weight is 253 g/mol. The van der Waals surface area contributed by atoms with E-state index in [4.69, 9.17) is 5.11 Å². The Kier molecular flexibility index (Phi) is 6.30. The van der Waals surface area contributed by atoms with Gasteiger partial charge in [-0.1, -0.05) is 19.1 Å². The molecule has 2 N–H and O–H groups in total. The van der Waals surface area contributed by atoms with Crippen molar-refractivity contribution >= 4 is 0 Å². The van der Waals surface area contributed by atoms with Gasteiger partial charge >= 0.3 is 0 Å². The second-order valence-corrected chi connectivity index (χ2v) is 5.11. The maximum absolute atomic E-state index is 13.4. The van der Waals surface area contributed by atoms with Gasteiger partial charge in [0.05, 0.1) is 0 Å². The van der Waals surface area contributed by atoms with E-state index in [0.29, 0.717) is 11.5 Å². The molecule has 2 atom stereocenters. The molecule has 0 spiro atoms. The molecule has 0 aliphatic rings. The molecule has 1 aromatic carbocycles. The fraction of sp³-hybridized carbons (Fsp3) is 0.600. The SMILES string of the molecule is Cc1ccc(C(C)NCCCC(C)CO)cc1F. The second-order valence-electron chi connectivity index (χ2n) is 5.11. The molecule has 0 radical (unpaired) electrons. The first-order valence-corrected chi connectivity index (χ1v) is 6.65. The summed E-state index contributed by atoms with van der Waals surface area (Å²) in [7, 11) is 0. The summed E-state index contributed by atoms with van der Waals surface area (Å²) < 4.78 is 13.4. The molecule has 0 aliphatic carbocycles. The number of aryl methyl sites for hydroxylation is 1. The van der Waals surface area contributed by atoms with E-state index in [9.17, 15) is 4.39 Å². The molecular weight excluding hydrogens is 229 g/mol. The first kappa shape index (κ1) is 15.1. The van der Waals surface area contributed by atoms with Gasteiger partial charge in [0.2, 0.25) is 0 Å². The molecule has 102 valence electrons. The predicted octanol–water partition coefficient (Wildman–Crippen LogP) is 3.19. The maximum Gasteiger partial charge on any atom is 0.126 e. The van der Waals surface area contributed by atoms with Crippen LogP contribution < -0.4 is 5.32 Å². The second kappa shape index (κ2) is 7.49. The molecule has 1 aromatic rings. The van der Waals surface area contributed by atoms with Gasteiger partial charge in [-0.15, -0.1) is 0 Å². The van der Waals surface area contributed by atoms with Crippen molar-refractivity contribution in [3.05, 3.63) is 35.1 Å². The van der Waals surface area contributed by atoms with E-state index in [-0.39, 0.29) is 18.5 Å². The Balaban J connectivity index is 2.36. The molecule has 0 saturated heterocycles. The molecule has 2 nitrogen and oxygen atoms in total. The molecule has 0 heterocycles. The number of rotatable bonds is 7. The third-order valence-corrected chi connectivity index (χ3v) is 3.33. The molecule has 0 aliphatic heterocycles. The minimum absolute atomic E-state index is 0.143. The van der Waals surface area contributed by atoms with Crippen LogP contribution in [0.4, 0.5) is 4.39 Å². The third-order valence-electron chi connectivity index (χ3n) is 3.33. The monoisotopic (exact) mass is 253 g/mol. The fourth-order valence-electron chi connectivity index (χ4n) is 1.86. The molecule has 3 heteroatoms. The van der Waals surface area contributed by atoms with E-state index >= 15 is 0 Å². The summed E-state index contributed by atoms with van der Waals surface area (Å²) in [4.78, 5) is 0. The summed E-state index contributed by atoms with van der Waals surface area (Å²) in [6.07, 6.45) is 2.04. The summed E-state index contributed by atoms with van der Waals surface area (Å²) in [6.45, 7) is 6.99. The van der Waals surface area contributed by atoms with Gasteiger partial charge in [0.1, 0.15) is 5.82 Å². The van der Waals surface area contributed by atoms with Crippen molar-refractivity contribution < 1.29 is 9.50 Å². The normalized spacial score (nSPS) is 14.5. The van der Waals surface area contributed by atoms with Crippen LogP contribution in [0.3, 0.4) is 0 Å². The van der Waals surface area contributed by atoms with Crippen LogP contribution in [0.1, 0.15) is 43.9 Å². The zero-order valence-electron chi connectivity index (χ0n) is 11.5. The summed E-state index contributed by atoms with van der Waals surface area (Å²) >= 11 is 0. The van der Waals surface area contributed by atoms with Gasteiger partial charge in [-0.2, -0.15) is 0 Å². The van der Waals surface area contributed by atoms with E-state index < -0.39 is 0 Å². The van der Waals surface area contributed by atoms with Gasteiger partial charge in [-0.25, -0.2) is 4.39 Å². The molecule has 0 amide bonds. The van der Waals surface area contributed by atoms with Gasteiger partial charge < -0.3 is 10.4 Å². The number of hydrogen-bond donors (Lipinski definition) is 2. The van der Waals surface area contributed by atoms with Gasteiger partial charge in [-0.3, -0.25) is 0 Å². The van der Waals surface area contributed by atoms with Crippen molar-refractivity contribution in [1.29, 1.82) is 0 Å². The number of nitrogens with one attached hydrogen (secondary N) is 1. The summed E-state index contributed by atoms with van der Waals surface area (Å²) in [5.41, 5.74) is 1.66. The number of hydrogen-bond acceptors (Lipinski definition) is 2. The van der Waals surface area contributed by atoms with Crippen LogP contribution in [0.5, 0.6) is 0 Å². The van der Waals surface area contributed by atoms with Crippen LogP contribution in [-0.4, -0.2) is 18.3 Å². The van der Waals surface area contributed by atoms with Gasteiger partial charge in [0, 0.05) is 12.6 Å². The van der Waals surface area contributed by atoms with Crippen LogP contribution >= 0.6 is 0 Å². The highest BCUT2D eigenvalue weighted by molar-refractivity contribution is 5.25. The van der Waals surface area contributed by atoms with Gasteiger partial charge in [0.25, 0.3) is 0 Å².